The van der Waals surface area contributed by atoms with Crippen LogP contribution in [0.2, 0.25) is 0 Å². The van der Waals surface area contributed by atoms with Gasteiger partial charge in [0.1, 0.15) is 21.2 Å². The predicted octanol–water partition coefficient (Wildman–Crippen LogP) is 2.07. The molecule has 0 aromatic carbocycles. The third-order valence-corrected chi connectivity index (χ3v) is 2.78. The molecule has 1 rings (SSSR count). The summed E-state index contributed by atoms with van der Waals surface area (Å²) in [6.45, 7) is -0.726. The molecule has 0 spiro atoms. The van der Waals surface area contributed by atoms with Crippen LogP contribution in [0, 0.1) is 0 Å². The molecule has 3 nitrogen and oxygen atoms in total. The van der Waals surface area contributed by atoms with Gasteiger partial charge >= 0.3 is 5.97 Å². The molecule has 11 heavy (non-hydrogen) atoms. The number of thiazole rings is 1. The summed E-state index contributed by atoms with van der Waals surface area (Å²) in [6.07, 6.45) is 0. The Balaban J connectivity index is 3.07. The van der Waals surface area contributed by atoms with Crippen molar-refractivity contribution in [3.05, 3.63) is 14.5 Å². The fourth-order valence-corrected chi connectivity index (χ4v) is 1.92. The summed E-state index contributed by atoms with van der Waals surface area (Å²) in [7, 11) is 0. The lowest BCUT2D eigenvalue weighted by molar-refractivity contribution is 0.0701. The van der Waals surface area contributed by atoms with Crippen LogP contribution in [-0.4, -0.2) is 16.1 Å². The Morgan fingerprint density at radius 3 is 2.73 bits per heavy atom. The van der Waals surface area contributed by atoms with Crippen molar-refractivity contribution in [3.63, 3.8) is 0 Å². The van der Waals surface area contributed by atoms with Gasteiger partial charge < -0.3 is 5.11 Å². The SMILES string of the molecule is O=C(O)c1sc(CF)nc1Br. The Kier molecular flexibility index (Phi) is 2.56. The smallest absolute Gasteiger partial charge is 0.348 e. The fraction of sp³-hybridized carbons (Fsp3) is 0.200. The number of alkyl halides is 1. The first-order chi connectivity index (χ1) is 5.15. The number of carboxylic acids is 1. The normalized spacial score (nSPS) is 10.0. The van der Waals surface area contributed by atoms with Gasteiger partial charge in [-0.1, -0.05) is 0 Å². The summed E-state index contributed by atoms with van der Waals surface area (Å²) in [5.74, 6) is -1.09. The molecular weight excluding hydrogens is 237 g/mol. The molecule has 0 atom stereocenters. The molecule has 0 saturated carbocycles. The van der Waals surface area contributed by atoms with Crippen LogP contribution in [0.3, 0.4) is 0 Å². The minimum Gasteiger partial charge on any atom is -0.477 e. The highest BCUT2D eigenvalue weighted by Crippen LogP contribution is 2.23. The molecule has 0 fully saturated rings. The van der Waals surface area contributed by atoms with Gasteiger partial charge in [-0.3, -0.25) is 0 Å². The Labute approximate surface area is 74.0 Å². The van der Waals surface area contributed by atoms with Crippen LogP contribution in [-0.2, 0) is 6.67 Å². The molecule has 0 aliphatic carbocycles. The van der Waals surface area contributed by atoms with Gasteiger partial charge in [-0.25, -0.2) is 14.2 Å². The monoisotopic (exact) mass is 239 g/mol. The van der Waals surface area contributed by atoms with E-state index in [1.807, 2.05) is 0 Å². The van der Waals surface area contributed by atoms with Gasteiger partial charge in [0.2, 0.25) is 0 Å². The summed E-state index contributed by atoms with van der Waals surface area (Å²) < 4.78 is 12.1. The topological polar surface area (TPSA) is 50.2 Å². The molecule has 1 heterocycles. The molecule has 60 valence electrons. The maximum absolute atomic E-state index is 11.9. The van der Waals surface area contributed by atoms with E-state index in [-0.39, 0.29) is 14.5 Å². The summed E-state index contributed by atoms with van der Waals surface area (Å²) in [6, 6.07) is 0. The summed E-state index contributed by atoms with van der Waals surface area (Å²) in [5, 5.41) is 8.67. The van der Waals surface area contributed by atoms with Crippen molar-refractivity contribution in [2.45, 2.75) is 6.67 Å². The van der Waals surface area contributed by atoms with E-state index in [1.165, 1.54) is 0 Å². The molecule has 1 aromatic heterocycles. The number of hydrogen-bond acceptors (Lipinski definition) is 3. The van der Waals surface area contributed by atoms with E-state index in [2.05, 4.69) is 20.9 Å². The van der Waals surface area contributed by atoms with E-state index in [1.54, 1.807) is 0 Å². The number of hydrogen-bond donors (Lipinski definition) is 1. The van der Waals surface area contributed by atoms with Crippen molar-refractivity contribution in [1.82, 2.24) is 4.98 Å². The lowest BCUT2D eigenvalue weighted by atomic mass is 10.6. The molecule has 1 N–H and O–H groups in total. The van der Waals surface area contributed by atoms with Gasteiger partial charge in [-0.05, 0) is 15.9 Å². The Bertz CT molecular complexity index is 288. The highest BCUT2D eigenvalue weighted by Gasteiger charge is 2.14. The highest BCUT2D eigenvalue weighted by atomic mass is 79.9. The molecule has 0 unspecified atom stereocenters. The minimum atomic E-state index is -1.09. The standard InChI is InChI=1S/C5H3BrFNO2S/c6-4-3(5(9)10)11-2(1-7)8-4/h1H2,(H,9,10). The number of nitrogens with zero attached hydrogens (tertiary/aromatic N) is 1. The molecule has 1 aromatic rings. The molecule has 0 aliphatic heterocycles. The van der Waals surface area contributed by atoms with Crippen LogP contribution >= 0.6 is 27.3 Å². The fourth-order valence-electron chi connectivity index (χ4n) is 0.532. The summed E-state index contributed by atoms with van der Waals surface area (Å²) >= 11 is 3.75. The van der Waals surface area contributed by atoms with Crippen molar-refractivity contribution in [1.29, 1.82) is 0 Å². The van der Waals surface area contributed by atoms with Crippen LogP contribution in [0.5, 0.6) is 0 Å². The highest BCUT2D eigenvalue weighted by molar-refractivity contribution is 9.10. The van der Waals surface area contributed by atoms with Crippen molar-refractivity contribution < 1.29 is 14.3 Å². The lowest BCUT2D eigenvalue weighted by Gasteiger charge is -1.82. The number of aromatic nitrogens is 1. The second-order valence-electron chi connectivity index (χ2n) is 1.67. The molecule has 0 saturated heterocycles. The van der Waals surface area contributed by atoms with Crippen molar-refractivity contribution in [2.24, 2.45) is 0 Å². The molecule has 6 heteroatoms. The van der Waals surface area contributed by atoms with E-state index in [9.17, 15) is 9.18 Å². The van der Waals surface area contributed by atoms with E-state index in [4.69, 9.17) is 5.11 Å². The predicted molar refractivity (Wildman–Crippen MR) is 41.6 cm³/mol. The van der Waals surface area contributed by atoms with Crippen LogP contribution in [0.1, 0.15) is 14.7 Å². The summed E-state index contributed by atoms with van der Waals surface area (Å²) in [5.41, 5.74) is 0. The second kappa shape index (κ2) is 3.27. The first-order valence-electron chi connectivity index (χ1n) is 2.59. The number of rotatable bonds is 2. The van der Waals surface area contributed by atoms with Gasteiger partial charge in [0.05, 0.1) is 0 Å². The summed E-state index contributed by atoms with van der Waals surface area (Å²) in [4.78, 5) is 14.0. The maximum atomic E-state index is 11.9. The van der Waals surface area contributed by atoms with E-state index < -0.39 is 12.6 Å². The van der Waals surface area contributed by atoms with E-state index >= 15 is 0 Å². The molecule has 0 aliphatic rings. The molecule has 0 radical (unpaired) electrons. The van der Waals surface area contributed by atoms with Gasteiger partial charge in [0, 0.05) is 0 Å². The van der Waals surface area contributed by atoms with Crippen LogP contribution < -0.4 is 0 Å². The number of aromatic carboxylic acids is 1. The van der Waals surface area contributed by atoms with Gasteiger partial charge in [0.25, 0.3) is 0 Å². The number of carboxylic acid groups (broad SMARTS) is 1. The molecule has 0 bridgehead atoms. The largest absolute Gasteiger partial charge is 0.477 e. The molecule has 0 amide bonds. The van der Waals surface area contributed by atoms with Crippen LogP contribution in [0.15, 0.2) is 4.60 Å². The lowest BCUT2D eigenvalue weighted by Crippen LogP contribution is -1.91. The minimum absolute atomic E-state index is 0.0395. The van der Waals surface area contributed by atoms with Gasteiger partial charge in [-0.15, -0.1) is 11.3 Å². The first kappa shape index (κ1) is 8.61. The first-order valence-corrected chi connectivity index (χ1v) is 4.20. The number of halogens is 2. The average Bonchev–Trinajstić information content (AvgIpc) is 2.30. The van der Waals surface area contributed by atoms with Crippen LogP contribution in [0.25, 0.3) is 0 Å². The second-order valence-corrected chi connectivity index (χ2v) is 3.50. The zero-order valence-corrected chi connectivity index (χ0v) is 7.58. The third kappa shape index (κ3) is 1.75. The van der Waals surface area contributed by atoms with Gasteiger partial charge in [-0.2, -0.15) is 0 Å². The van der Waals surface area contributed by atoms with E-state index in [0.29, 0.717) is 0 Å². The number of carbonyl (C=O) groups is 1. The van der Waals surface area contributed by atoms with Crippen molar-refractivity contribution in [3.8, 4) is 0 Å². The maximum Gasteiger partial charge on any atom is 0.348 e. The Morgan fingerprint density at radius 1 is 1.82 bits per heavy atom. The Morgan fingerprint density at radius 2 is 2.45 bits per heavy atom. The zero-order valence-electron chi connectivity index (χ0n) is 5.17. The third-order valence-electron chi connectivity index (χ3n) is 0.939. The van der Waals surface area contributed by atoms with Crippen molar-refractivity contribution in [2.75, 3.05) is 0 Å². The quantitative estimate of drug-likeness (QED) is 0.860. The van der Waals surface area contributed by atoms with Crippen LogP contribution in [0.4, 0.5) is 4.39 Å². The van der Waals surface area contributed by atoms with Gasteiger partial charge in [0.15, 0.2) is 0 Å². The average molecular weight is 240 g/mol. The molecular formula is C5H3BrFNO2S. The van der Waals surface area contributed by atoms with Crippen molar-refractivity contribution >= 4 is 33.2 Å². The van der Waals surface area contributed by atoms with E-state index in [0.717, 1.165) is 11.3 Å². The Hall–Kier alpha value is -0.490. The zero-order chi connectivity index (χ0) is 8.43.